The molecule has 8 rings (SSSR count). The molecule has 0 aliphatic heterocycles. The van der Waals surface area contributed by atoms with Gasteiger partial charge in [0.25, 0.3) is 11.8 Å². The summed E-state index contributed by atoms with van der Waals surface area (Å²) >= 11 is 7.76. The Kier molecular flexibility index (Phi) is 31.6. The maximum absolute atomic E-state index is 13.0. The molecule has 14 N–H and O–H groups in total. The van der Waals surface area contributed by atoms with Crippen LogP contribution >= 0.6 is 112 Å². The highest BCUT2D eigenvalue weighted by Crippen LogP contribution is 2.40. The maximum Gasteiger partial charge on any atom is 0.252 e. The number of benzene rings is 8. The largest absolute Gasteiger partial charge is 0.366 e. The van der Waals surface area contributed by atoms with E-state index in [4.69, 9.17) is 33.2 Å². The lowest BCUT2D eigenvalue weighted by molar-refractivity contribution is 0.0943. The molecule has 34 heteroatoms. The Morgan fingerprint density at radius 2 is 0.859 bits per heavy atom. The van der Waals surface area contributed by atoms with Crippen LogP contribution in [0.4, 0.5) is 22.7 Å². The zero-order valence-electron chi connectivity index (χ0n) is 47.1. The molecule has 6 amide bonds. The molecule has 8 aromatic carbocycles. The molecule has 0 saturated carbocycles. The molecule has 0 bridgehead atoms. The second kappa shape index (κ2) is 37.8. The van der Waals surface area contributed by atoms with Crippen molar-refractivity contribution in [3.8, 4) is 0 Å². The van der Waals surface area contributed by atoms with Gasteiger partial charge in [-0.3, -0.25) is 28.8 Å². The number of primary amides is 4. The average molecular weight is 1770 g/mol. The van der Waals surface area contributed by atoms with Gasteiger partial charge in [-0.1, -0.05) is 76.2 Å². The van der Waals surface area contributed by atoms with Gasteiger partial charge >= 0.3 is 0 Å². The molecule has 26 nitrogen and oxygen atoms in total. The Hall–Kier alpha value is -7.58. The first-order chi connectivity index (χ1) is 43.5. The van der Waals surface area contributed by atoms with E-state index >= 15 is 0 Å². The van der Waals surface area contributed by atoms with Crippen molar-refractivity contribution in [2.75, 3.05) is 13.1 Å². The monoisotopic (exact) mass is 1770 g/mol. The van der Waals surface area contributed by atoms with E-state index in [-0.39, 0.29) is 44.4 Å². The Morgan fingerprint density at radius 3 is 1.28 bits per heavy atom. The van der Waals surface area contributed by atoms with Crippen molar-refractivity contribution < 1.29 is 45.6 Å². The number of nitrogens with one attached hydrogen (secondary N) is 2. The number of sulfonamides is 2. The summed E-state index contributed by atoms with van der Waals surface area (Å²) in [7, 11) is -4.79. The van der Waals surface area contributed by atoms with Crippen molar-refractivity contribution in [1.29, 1.82) is 0 Å². The number of carbonyl (C=O) groups excluding carboxylic acids is 6. The van der Waals surface area contributed by atoms with Crippen LogP contribution in [0.3, 0.4) is 0 Å². The molecule has 0 spiro atoms. The minimum atomic E-state index is -3.76. The molecule has 92 heavy (non-hydrogen) atoms. The number of nitroso groups, excluding NO2 is 4. The van der Waals surface area contributed by atoms with Gasteiger partial charge in [0, 0.05) is 44.7 Å². The van der Waals surface area contributed by atoms with Gasteiger partial charge in [-0.15, -0.1) is 19.6 Å². The number of amides is 6. The number of hydrogen-bond acceptors (Lipinski definition) is 20. The molecule has 0 heterocycles. The van der Waals surface area contributed by atoms with Gasteiger partial charge < -0.3 is 33.6 Å². The molecule has 478 valence electrons. The molecule has 0 fully saturated rings. The van der Waals surface area contributed by atoms with Crippen LogP contribution < -0.4 is 43.8 Å². The van der Waals surface area contributed by atoms with E-state index in [0.29, 0.717) is 70.0 Å². The number of halogens is 4. The van der Waals surface area contributed by atoms with Gasteiger partial charge in [-0.05, 0) is 250 Å². The minimum Gasteiger partial charge on any atom is -0.366 e. The Labute approximate surface area is 588 Å². The highest BCUT2D eigenvalue weighted by molar-refractivity contribution is 14.1. The van der Waals surface area contributed by atoms with Gasteiger partial charge in [0.2, 0.25) is 43.7 Å². The summed E-state index contributed by atoms with van der Waals surface area (Å²) in [6.45, 7) is 0.692. The third-order valence-electron chi connectivity index (χ3n) is 11.7. The van der Waals surface area contributed by atoms with Crippen LogP contribution in [0.1, 0.15) is 73.3 Å². The van der Waals surface area contributed by atoms with E-state index in [1.54, 1.807) is 91.0 Å². The number of nitrogens with two attached hydrogens (primary N) is 6. The van der Waals surface area contributed by atoms with Gasteiger partial charge in [-0.2, -0.15) is 0 Å². The highest BCUT2D eigenvalue weighted by atomic mass is 127. The third-order valence-corrected chi connectivity index (χ3v) is 19.6. The zero-order chi connectivity index (χ0) is 68.3. The van der Waals surface area contributed by atoms with Crippen LogP contribution in [0, 0.1) is 33.9 Å². The second-order valence-electron chi connectivity index (χ2n) is 18.0. The fourth-order valence-electron chi connectivity index (χ4n) is 7.11. The summed E-state index contributed by atoms with van der Waals surface area (Å²) in [5, 5.41) is 27.0. The summed E-state index contributed by atoms with van der Waals surface area (Å²) in [5.74, 6) is -2.72. The smallest absolute Gasteiger partial charge is 0.252 e. The number of carbonyl (C=O) groups is 6. The number of nitrogens with zero attached hydrogens (tertiary/aromatic N) is 4. The lowest BCUT2D eigenvalue weighted by Crippen LogP contribution is -2.26. The van der Waals surface area contributed by atoms with Crippen molar-refractivity contribution in [2.24, 2.45) is 53.9 Å². The third kappa shape index (κ3) is 25.1. The van der Waals surface area contributed by atoms with E-state index in [0.717, 1.165) is 24.5 Å². The van der Waals surface area contributed by atoms with Crippen molar-refractivity contribution in [2.45, 2.75) is 32.4 Å². The van der Waals surface area contributed by atoms with E-state index < -0.39 is 43.7 Å². The highest BCUT2D eigenvalue weighted by Gasteiger charge is 2.17. The summed E-state index contributed by atoms with van der Waals surface area (Å²) < 4.78 is 48.4. The first-order valence-corrected chi connectivity index (χ1v) is 35.1. The fraction of sp³-hybridized carbons (Fsp3) is 0.0690. The zero-order valence-corrected chi connectivity index (χ0v) is 59.0. The number of rotatable bonds is 21. The first kappa shape index (κ1) is 76.9. The quantitative estimate of drug-likeness (QED) is 0.0188. The molecular formula is C58H50I4N12O14S4. The van der Waals surface area contributed by atoms with Crippen LogP contribution in [0.15, 0.2) is 210 Å². The van der Waals surface area contributed by atoms with E-state index in [1.165, 1.54) is 76.2 Å². The van der Waals surface area contributed by atoms with E-state index in [9.17, 15) is 65.2 Å². The maximum atomic E-state index is 13.0. The van der Waals surface area contributed by atoms with Gasteiger partial charge in [0.15, 0.2) is 0 Å². The van der Waals surface area contributed by atoms with Gasteiger partial charge in [0.1, 0.15) is 22.7 Å². The van der Waals surface area contributed by atoms with Crippen molar-refractivity contribution in [3.05, 3.63) is 248 Å². The molecule has 0 aliphatic carbocycles. The van der Waals surface area contributed by atoms with Crippen LogP contribution in [0.25, 0.3) is 0 Å². The SMILES string of the molecule is NC(=O)c1cc(I)cc(N=O)c1.NC(=O)c1cc(N=O)ccc1I.NC(=O)c1ccc(I)c(N=O)c1.NC(=O)c1cccc(N=O)c1I.NS(=O)(=O)c1ccc(CCNC(=O)c2ccccc2SSc2ccccc2C(=O)NCCc2ccc(S(N)(=O)=O)cc2)cc1. The minimum absolute atomic E-state index is 0.0304. The molecule has 0 aliphatic rings. The molecule has 0 unspecified atom stereocenters. The molecule has 0 radical (unpaired) electrons. The number of hydrogen-bond donors (Lipinski definition) is 8. The number of primary sulfonamides is 2. The summed E-state index contributed by atoms with van der Waals surface area (Å²) in [6.07, 6.45) is 1.01. The first-order valence-electron chi connectivity index (χ1n) is 25.5. The summed E-state index contributed by atoms with van der Waals surface area (Å²) in [6, 6.07) is 45.0. The predicted octanol–water partition coefficient (Wildman–Crippen LogP) is 10.9. The van der Waals surface area contributed by atoms with Gasteiger partial charge in [0.05, 0.1) is 35.6 Å². The van der Waals surface area contributed by atoms with Crippen LogP contribution in [-0.4, -0.2) is 65.4 Å². The lowest BCUT2D eigenvalue weighted by atomic mass is 10.1. The molecule has 0 atom stereocenters. The van der Waals surface area contributed by atoms with Gasteiger partial charge in [-0.25, -0.2) is 27.1 Å². The van der Waals surface area contributed by atoms with Crippen LogP contribution in [-0.2, 0) is 32.9 Å². The topological polar surface area (TPSA) is 469 Å². The average Bonchev–Trinajstić information content (AvgIpc) is 1.20. The lowest BCUT2D eigenvalue weighted by Gasteiger charge is -2.12. The summed E-state index contributed by atoms with van der Waals surface area (Å²) in [4.78, 5) is 111. The fourth-order valence-corrected chi connectivity index (χ4v) is 12.9. The molecular weight excluding hydrogens is 1720 g/mol. The Balaban J connectivity index is 0.000000300. The Bertz CT molecular complexity index is 4140. The van der Waals surface area contributed by atoms with E-state index in [1.807, 2.05) is 115 Å². The Morgan fingerprint density at radius 1 is 0.413 bits per heavy atom. The van der Waals surface area contributed by atoms with Crippen LogP contribution in [0.5, 0.6) is 0 Å². The predicted molar refractivity (Wildman–Crippen MR) is 385 cm³/mol. The molecule has 8 aromatic rings. The normalized spacial score (nSPS) is 10.5. The standard InChI is InChI=1S/C30H30N4O6S4.4C7H5IN2O2/c31-43(37,38)23-13-9-21(10-14-23)17-19-33-29(35)25-5-1-3-7-27(25)41-42-28-8-4-2-6-26(28)30(36)34-20-18-22-11-15-24(16-12-22)44(32,39)40;8-5-1-4(7(9)11)2-6(3-5)10-12;8-6-2-1-4(10-12)3-5(6)7(9)11;8-5-2-1-4(7(9)11)3-6(5)10-12;8-6-4(7(9)11)2-1-3-5(6)10-12/h1-16H,17-20H2,(H,33,35)(H,34,36)(H2,31,37,38)(H2,32,39,40);4*1-3H,(H2,9,11). The van der Waals surface area contributed by atoms with Crippen molar-refractivity contribution in [1.82, 2.24) is 10.6 Å². The van der Waals surface area contributed by atoms with Crippen LogP contribution in [0.2, 0.25) is 0 Å². The van der Waals surface area contributed by atoms with Crippen molar-refractivity contribution in [3.63, 3.8) is 0 Å². The molecule has 0 aromatic heterocycles. The summed E-state index contributed by atoms with van der Waals surface area (Å²) in [5.41, 5.74) is 25.0. The second-order valence-corrected chi connectivity index (χ2v) is 28.0. The van der Waals surface area contributed by atoms with Crippen molar-refractivity contribution >= 4 is 190 Å². The molecule has 0 saturated heterocycles. The van der Waals surface area contributed by atoms with E-state index in [2.05, 4.69) is 31.3 Å².